The van der Waals surface area contributed by atoms with E-state index in [0.717, 1.165) is 32.5 Å². The third-order valence-electron chi connectivity index (χ3n) is 2.67. The van der Waals surface area contributed by atoms with Gasteiger partial charge in [-0.05, 0) is 32.9 Å². The van der Waals surface area contributed by atoms with Gasteiger partial charge >= 0.3 is 0 Å². The zero-order chi connectivity index (χ0) is 10.4. The molecule has 0 unspecified atom stereocenters. The summed E-state index contributed by atoms with van der Waals surface area (Å²) >= 11 is 0. The van der Waals surface area contributed by atoms with Crippen molar-refractivity contribution in [2.24, 2.45) is 5.92 Å². The summed E-state index contributed by atoms with van der Waals surface area (Å²) in [5.41, 5.74) is 0. The Bertz CT molecular complexity index is 177. The number of likely N-dealkylation sites (tertiary alicyclic amines) is 1. The van der Waals surface area contributed by atoms with Gasteiger partial charge in [-0.25, -0.2) is 0 Å². The van der Waals surface area contributed by atoms with E-state index in [1.165, 1.54) is 0 Å². The van der Waals surface area contributed by atoms with Crippen molar-refractivity contribution >= 4 is 5.90 Å². The quantitative estimate of drug-likeness (QED) is 0.519. The molecule has 0 spiro atoms. The average Bonchev–Trinajstić information content (AvgIpc) is 2.20. The van der Waals surface area contributed by atoms with E-state index < -0.39 is 0 Å². The Morgan fingerprint density at radius 3 is 2.64 bits per heavy atom. The van der Waals surface area contributed by atoms with Crippen molar-refractivity contribution in [1.29, 1.82) is 5.41 Å². The number of ether oxygens (including phenoxy) is 1. The van der Waals surface area contributed by atoms with Crippen LogP contribution in [0.25, 0.3) is 0 Å². The normalized spacial score (nSPS) is 19.6. The Labute approximate surface area is 85.4 Å². The lowest BCUT2D eigenvalue weighted by Gasteiger charge is -2.31. The SMILES string of the molecule is CCOC(=N)C1CCN(CCO)CC1. The van der Waals surface area contributed by atoms with E-state index in [9.17, 15) is 0 Å². The molecular formula is C10H20N2O2. The average molecular weight is 200 g/mol. The van der Waals surface area contributed by atoms with E-state index in [-0.39, 0.29) is 6.61 Å². The first-order valence-electron chi connectivity index (χ1n) is 5.32. The highest BCUT2D eigenvalue weighted by atomic mass is 16.5. The minimum atomic E-state index is 0.230. The van der Waals surface area contributed by atoms with Crippen LogP contribution in [0.3, 0.4) is 0 Å². The molecule has 14 heavy (non-hydrogen) atoms. The van der Waals surface area contributed by atoms with Gasteiger partial charge < -0.3 is 14.7 Å². The smallest absolute Gasteiger partial charge is 0.183 e. The molecule has 1 fully saturated rings. The van der Waals surface area contributed by atoms with Gasteiger partial charge in [-0.1, -0.05) is 0 Å². The zero-order valence-electron chi connectivity index (χ0n) is 8.83. The predicted molar refractivity (Wildman–Crippen MR) is 55.6 cm³/mol. The number of aliphatic hydroxyl groups is 1. The molecule has 0 aliphatic carbocycles. The van der Waals surface area contributed by atoms with Crippen LogP contribution in [0.4, 0.5) is 0 Å². The van der Waals surface area contributed by atoms with Crippen molar-refractivity contribution in [3.8, 4) is 0 Å². The maximum atomic E-state index is 8.77. The topological polar surface area (TPSA) is 56.5 Å². The molecule has 1 aliphatic rings. The second-order valence-corrected chi connectivity index (χ2v) is 3.64. The van der Waals surface area contributed by atoms with Crippen LogP contribution in [-0.4, -0.2) is 48.8 Å². The molecule has 1 rings (SSSR count). The Balaban J connectivity index is 2.24. The summed E-state index contributed by atoms with van der Waals surface area (Å²) < 4.78 is 5.19. The van der Waals surface area contributed by atoms with Crippen LogP contribution in [0.5, 0.6) is 0 Å². The largest absolute Gasteiger partial charge is 0.481 e. The number of aliphatic hydroxyl groups excluding tert-OH is 1. The molecule has 0 atom stereocenters. The fourth-order valence-corrected chi connectivity index (χ4v) is 1.83. The molecule has 0 amide bonds. The highest BCUT2D eigenvalue weighted by Crippen LogP contribution is 2.18. The molecule has 1 saturated heterocycles. The summed E-state index contributed by atoms with van der Waals surface area (Å²) in [5, 5.41) is 16.4. The van der Waals surface area contributed by atoms with Gasteiger partial charge in [-0.15, -0.1) is 0 Å². The van der Waals surface area contributed by atoms with Crippen LogP contribution in [0.1, 0.15) is 19.8 Å². The van der Waals surface area contributed by atoms with Crippen LogP contribution in [0.15, 0.2) is 0 Å². The van der Waals surface area contributed by atoms with Crippen LogP contribution < -0.4 is 0 Å². The molecule has 0 saturated carbocycles. The fourth-order valence-electron chi connectivity index (χ4n) is 1.83. The third kappa shape index (κ3) is 3.27. The number of rotatable bonds is 4. The molecule has 0 aromatic heterocycles. The van der Waals surface area contributed by atoms with Gasteiger partial charge in [0.2, 0.25) is 0 Å². The minimum Gasteiger partial charge on any atom is -0.481 e. The molecule has 1 aliphatic heterocycles. The van der Waals surface area contributed by atoms with Crippen molar-refractivity contribution in [3.63, 3.8) is 0 Å². The van der Waals surface area contributed by atoms with Crippen molar-refractivity contribution in [2.75, 3.05) is 32.8 Å². The van der Waals surface area contributed by atoms with E-state index in [2.05, 4.69) is 4.90 Å². The summed E-state index contributed by atoms with van der Waals surface area (Å²) in [4.78, 5) is 2.23. The van der Waals surface area contributed by atoms with Gasteiger partial charge in [0.1, 0.15) is 0 Å². The third-order valence-corrected chi connectivity index (χ3v) is 2.67. The van der Waals surface area contributed by atoms with Crippen molar-refractivity contribution in [2.45, 2.75) is 19.8 Å². The first kappa shape index (κ1) is 11.5. The summed E-state index contributed by atoms with van der Waals surface area (Å²) in [7, 11) is 0. The standard InChI is InChI=1S/C10H20N2O2/c1-2-14-10(11)9-3-5-12(6-4-9)7-8-13/h9,11,13H,2-8H2,1H3. The van der Waals surface area contributed by atoms with Gasteiger partial charge in [-0.2, -0.15) is 0 Å². The Morgan fingerprint density at radius 1 is 1.50 bits per heavy atom. The second kappa shape index (κ2) is 5.98. The lowest BCUT2D eigenvalue weighted by Crippen LogP contribution is -2.38. The lowest BCUT2D eigenvalue weighted by molar-refractivity contribution is 0.153. The Kier molecular flexibility index (Phi) is 4.90. The summed E-state index contributed by atoms with van der Waals surface area (Å²) in [6, 6.07) is 0. The van der Waals surface area contributed by atoms with Crippen LogP contribution in [0, 0.1) is 11.3 Å². The molecule has 4 heteroatoms. The molecule has 0 bridgehead atoms. The first-order valence-corrected chi connectivity index (χ1v) is 5.32. The Hall–Kier alpha value is -0.610. The monoisotopic (exact) mass is 200 g/mol. The maximum absolute atomic E-state index is 8.77. The van der Waals surface area contributed by atoms with Crippen molar-refractivity contribution in [3.05, 3.63) is 0 Å². The van der Waals surface area contributed by atoms with Crippen molar-refractivity contribution < 1.29 is 9.84 Å². The van der Waals surface area contributed by atoms with E-state index >= 15 is 0 Å². The number of nitrogens with one attached hydrogen (secondary N) is 1. The molecule has 2 N–H and O–H groups in total. The van der Waals surface area contributed by atoms with Gasteiger partial charge in [0.25, 0.3) is 0 Å². The molecule has 82 valence electrons. The molecular weight excluding hydrogens is 180 g/mol. The van der Waals surface area contributed by atoms with Gasteiger partial charge in [0.15, 0.2) is 5.90 Å². The van der Waals surface area contributed by atoms with Crippen molar-refractivity contribution in [1.82, 2.24) is 4.90 Å². The number of hydrogen-bond acceptors (Lipinski definition) is 4. The lowest BCUT2D eigenvalue weighted by atomic mass is 9.97. The highest BCUT2D eigenvalue weighted by Gasteiger charge is 2.22. The fraction of sp³-hybridized carbons (Fsp3) is 0.900. The first-order chi connectivity index (χ1) is 6.77. The molecule has 4 nitrogen and oxygen atoms in total. The molecule has 0 aromatic rings. The molecule has 0 aromatic carbocycles. The predicted octanol–water partition coefficient (Wildman–Crippen LogP) is 0.704. The summed E-state index contributed by atoms with van der Waals surface area (Å²) in [6.07, 6.45) is 1.97. The second-order valence-electron chi connectivity index (χ2n) is 3.64. The Morgan fingerprint density at radius 2 is 2.14 bits per heavy atom. The zero-order valence-corrected chi connectivity index (χ0v) is 8.83. The number of hydrogen-bond donors (Lipinski definition) is 2. The van der Waals surface area contributed by atoms with Crippen LogP contribution in [0.2, 0.25) is 0 Å². The summed E-state index contributed by atoms with van der Waals surface area (Å²) in [5.74, 6) is 0.737. The maximum Gasteiger partial charge on any atom is 0.183 e. The van der Waals surface area contributed by atoms with Crippen LogP contribution in [-0.2, 0) is 4.74 Å². The van der Waals surface area contributed by atoms with Gasteiger partial charge in [0, 0.05) is 12.5 Å². The van der Waals surface area contributed by atoms with E-state index in [1.54, 1.807) is 0 Å². The van der Waals surface area contributed by atoms with E-state index in [1.807, 2.05) is 6.92 Å². The highest BCUT2D eigenvalue weighted by molar-refractivity contribution is 5.75. The number of nitrogens with zero attached hydrogens (tertiary/aromatic N) is 1. The molecule has 0 radical (unpaired) electrons. The number of β-amino-alcohol motifs (C(OH)–C–C–N with tert-alkyl or cyclic N) is 1. The number of piperidine rings is 1. The van der Waals surface area contributed by atoms with Crippen LogP contribution >= 0.6 is 0 Å². The van der Waals surface area contributed by atoms with Gasteiger partial charge in [0.05, 0.1) is 13.2 Å². The molecule has 1 heterocycles. The minimum absolute atomic E-state index is 0.230. The van der Waals surface area contributed by atoms with Gasteiger partial charge in [-0.3, -0.25) is 5.41 Å². The van der Waals surface area contributed by atoms with E-state index in [4.69, 9.17) is 15.3 Å². The van der Waals surface area contributed by atoms with E-state index in [0.29, 0.717) is 18.4 Å². The summed E-state index contributed by atoms with van der Waals surface area (Å²) in [6.45, 7) is 5.44.